The fourth-order valence-electron chi connectivity index (χ4n) is 5.70. The second-order valence-electron chi connectivity index (χ2n) is 13.2. The number of nitrogens with one attached hydrogen (secondary N) is 1. The van der Waals surface area contributed by atoms with Gasteiger partial charge in [0.15, 0.2) is 0 Å². The molecule has 0 aliphatic heterocycles. The summed E-state index contributed by atoms with van der Waals surface area (Å²) in [4.78, 5) is 12.5. The quantitative estimate of drug-likeness (QED) is 0.0360. The van der Waals surface area contributed by atoms with Gasteiger partial charge in [-0.1, -0.05) is 166 Å². The fourth-order valence-corrected chi connectivity index (χ4v) is 6.45. The fraction of sp³-hybridized carbons (Fsp3) is 0.821. The minimum absolute atomic E-state index is 0.260. The number of aliphatic hydroxyl groups excluding tert-OH is 1. The van der Waals surface area contributed by atoms with Gasteiger partial charge < -0.3 is 10.4 Å². The number of hydrogen-bond donors (Lipinski definition) is 3. The van der Waals surface area contributed by atoms with Crippen molar-refractivity contribution in [3.8, 4) is 0 Å². The van der Waals surface area contributed by atoms with Gasteiger partial charge in [-0.15, -0.1) is 0 Å². The van der Waals surface area contributed by atoms with E-state index in [0.717, 1.165) is 64.2 Å². The van der Waals surface area contributed by atoms with E-state index in [9.17, 15) is 22.9 Å². The summed E-state index contributed by atoms with van der Waals surface area (Å²) in [6.07, 6.45) is 42.4. The summed E-state index contributed by atoms with van der Waals surface area (Å²) < 4.78 is 32.4. The van der Waals surface area contributed by atoms with Gasteiger partial charge in [-0.2, -0.15) is 8.42 Å². The lowest BCUT2D eigenvalue weighted by molar-refractivity contribution is -0.122. The third-order valence-electron chi connectivity index (χ3n) is 8.60. The summed E-state index contributed by atoms with van der Waals surface area (Å²) in [6.45, 7) is 4.48. The first-order valence-electron chi connectivity index (χ1n) is 19.2. The van der Waals surface area contributed by atoms with Crippen molar-refractivity contribution in [3.05, 3.63) is 36.5 Å². The summed E-state index contributed by atoms with van der Waals surface area (Å²) in [5.74, 6) is -0.914. The SMILES string of the molecule is CCCCCCC/C=C\C/C=C\C/C=C\CCCCCCCCC(=O)NC(CS(=O)(=O)O)C(O)CCCCCCCCCCCC. The molecule has 0 aliphatic carbocycles. The smallest absolute Gasteiger partial charge is 0.266 e. The molecule has 0 saturated heterocycles. The second kappa shape index (κ2) is 33.5. The molecule has 0 heterocycles. The van der Waals surface area contributed by atoms with Gasteiger partial charge >= 0.3 is 0 Å². The Balaban J connectivity index is 3.90. The Kier molecular flexibility index (Phi) is 32.4. The number of amides is 1. The van der Waals surface area contributed by atoms with Crippen LogP contribution in [0.25, 0.3) is 0 Å². The molecule has 7 heteroatoms. The molecule has 0 saturated carbocycles. The summed E-state index contributed by atoms with van der Waals surface area (Å²) in [5, 5.41) is 13.3. The van der Waals surface area contributed by atoms with E-state index in [2.05, 4.69) is 55.6 Å². The van der Waals surface area contributed by atoms with Gasteiger partial charge in [0, 0.05) is 6.42 Å². The van der Waals surface area contributed by atoms with E-state index in [1.165, 1.54) is 96.3 Å². The summed E-state index contributed by atoms with van der Waals surface area (Å²) in [6, 6.07) is -0.976. The lowest BCUT2D eigenvalue weighted by atomic mass is 10.0. The third kappa shape index (κ3) is 33.9. The molecule has 0 spiro atoms. The third-order valence-corrected chi connectivity index (χ3v) is 9.38. The molecule has 46 heavy (non-hydrogen) atoms. The zero-order valence-electron chi connectivity index (χ0n) is 29.9. The molecule has 0 fully saturated rings. The molecule has 0 bridgehead atoms. The van der Waals surface area contributed by atoms with Crippen LogP contribution in [0.1, 0.15) is 187 Å². The van der Waals surface area contributed by atoms with Crippen LogP contribution in [-0.4, -0.2) is 41.9 Å². The van der Waals surface area contributed by atoms with Gasteiger partial charge in [0.05, 0.1) is 17.9 Å². The van der Waals surface area contributed by atoms with E-state index in [4.69, 9.17) is 0 Å². The molecule has 0 aromatic heterocycles. The Morgan fingerprint density at radius 2 is 0.978 bits per heavy atom. The minimum Gasteiger partial charge on any atom is -0.391 e. The first-order valence-corrected chi connectivity index (χ1v) is 20.8. The van der Waals surface area contributed by atoms with Gasteiger partial charge in [-0.25, -0.2) is 0 Å². The second-order valence-corrected chi connectivity index (χ2v) is 14.7. The zero-order chi connectivity index (χ0) is 34.0. The van der Waals surface area contributed by atoms with Crippen LogP contribution in [0.3, 0.4) is 0 Å². The molecule has 2 atom stereocenters. The molecular formula is C39H73NO5S. The highest BCUT2D eigenvalue weighted by Gasteiger charge is 2.26. The molecule has 0 aromatic rings. The van der Waals surface area contributed by atoms with Gasteiger partial charge in [-0.3, -0.25) is 9.35 Å². The highest BCUT2D eigenvalue weighted by molar-refractivity contribution is 7.85. The molecule has 2 unspecified atom stereocenters. The van der Waals surface area contributed by atoms with Crippen LogP contribution in [0.5, 0.6) is 0 Å². The van der Waals surface area contributed by atoms with Gasteiger partial charge in [0.2, 0.25) is 5.91 Å². The van der Waals surface area contributed by atoms with Gasteiger partial charge in [0.1, 0.15) is 0 Å². The topological polar surface area (TPSA) is 104 Å². The van der Waals surface area contributed by atoms with Gasteiger partial charge in [-0.05, 0) is 51.4 Å². The van der Waals surface area contributed by atoms with E-state index < -0.39 is 28.0 Å². The maximum atomic E-state index is 12.5. The van der Waals surface area contributed by atoms with E-state index in [1.807, 2.05) is 0 Å². The molecule has 6 nitrogen and oxygen atoms in total. The Morgan fingerprint density at radius 1 is 0.587 bits per heavy atom. The van der Waals surface area contributed by atoms with E-state index in [-0.39, 0.29) is 5.91 Å². The van der Waals surface area contributed by atoms with Crippen molar-refractivity contribution in [2.75, 3.05) is 5.75 Å². The number of aliphatic hydroxyl groups is 1. The monoisotopic (exact) mass is 668 g/mol. The molecule has 0 aliphatic rings. The minimum atomic E-state index is -4.31. The van der Waals surface area contributed by atoms with Crippen LogP contribution >= 0.6 is 0 Å². The Hall–Kier alpha value is -1.44. The highest BCUT2D eigenvalue weighted by atomic mass is 32.2. The first-order chi connectivity index (χ1) is 22.3. The van der Waals surface area contributed by atoms with Crippen LogP contribution in [0, 0.1) is 0 Å². The lowest BCUT2D eigenvalue weighted by Crippen LogP contribution is -2.47. The van der Waals surface area contributed by atoms with Crippen LogP contribution in [-0.2, 0) is 14.9 Å². The maximum absolute atomic E-state index is 12.5. The summed E-state index contributed by atoms with van der Waals surface area (Å²) in [5.41, 5.74) is 0. The molecule has 270 valence electrons. The number of hydrogen-bond acceptors (Lipinski definition) is 4. The average Bonchev–Trinajstić information content (AvgIpc) is 3.01. The van der Waals surface area contributed by atoms with Crippen molar-refractivity contribution < 1.29 is 22.9 Å². The van der Waals surface area contributed by atoms with Crippen molar-refractivity contribution in [1.29, 1.82) is 0 Å². The van der Waals surface area contributed by atoms with E-state index in [0.29, 0.717) is 12.8 Å². The summed E-state index contributed by atoms with van der Waals surface area (Å²) in [7, 11) is -4.31. The Labute approximate surface area is 285 Å². The molecule has 0 rings (SSSR count). The number of unbranched alkanes of at least 4 members (excludes halogenated alkanes) is 20. The number of carbonyl (C=O) groups excluding carboxylic acids is 1. The van der Waals surface area contributed by atoms with E-state index >= 15 is 0 Å². The number of allylic oxidation sites excluding steroid dienone is 6. The molecule has 0 radical (unpaired) electrons. The predicted molar refractivity (Wildman–Crippen MR) is 198 cm³/mol. The largest absolute Gasteiger partial charge is 0.391 e. The Morgan fingerprint density at radius 3 is 1.43 bits per heavy atom. The maximum Gasteiger partial charge on any atom is 0.266 e. The van der Waals surface area contributed by atoms with Crippen LogP contribution in [0.2, 0.25) is 0 Å². The Bertz CT molecular complexity index is 868. The summed E-state index contributed by atoms with van der Waals surface area (Å²) >= 11 is 0. The average molecular weight is 668 g/mol. The van der Waals surface area contributed by atoms with Crippen molar-refractivity contribution in [2.24, 2.45) is 0 Å². The molecule has 1 amide bonds. The van der Waals surface area contributed by atoms with Gasteiger partial charge in [0.25, 0.3) is 10.1 Å². The zero-order valence-corrected chi connectivity index (χ0v) is 30.8. The van der Waals surface area contributed by atoms with Crippen molar-refractivity contribution >= 4 is 16.0 Å². The first kappa shape index (κ1) is 44.6. The molecule has 3 N–H and O–H groups in total. The number of rotatable bonds is 34. The van der Waals surface area contributed by atoms with Crippen LogP contribution in [0.15, 0.2) is 36.5 Å². The van der Waals surface area contributed by atoms with Crippen LogP contribution in [0.4, 0.5) is 0 Å². The predicted octanol–water partition coefficient (Wildman–Crippen LogP) is 11.0. The van der Waals surface area contributed by atoms with Crippen molar-refractivity contribution in [3.63, 3.8) is 0 Å². The van der Waals surface area contributed by atoms with Crippen molar-refractivity contribution in [1.82, 2.24) is 5.32 Å². The normalized spacial score (nSPS) is 13.7. The standard InChI is InChI=1S/C39H73NO5S/c1-3-5-7-9-11-13-15-16-17-18-19-20-21-22-23-24-25-27-29-31-33-35-39(42)40-37(36-46(43,44)45)38(41)34-32-30-28-26-14-12-10-8-6-4-2/h15-16,18-19,21-22,37-38,41H,3-14,17,20,23-36H2,1-2H3,(H,40,42)(H,43,44,45)/b16-15-,19-18-,22-21-. The molecule has 0 aromatic carbocycles. The molecular weight excluding hydrogens is 594 g/mol. The lowest BCUT2D eigenvalue weighted by Gasteiger charge is -2.23. The highest BCUT2D eigenvalue weighted by Crippen LogP contribution is 2.15. The van der Waals surface area contributed by atoms with Crippen molar-refractivity contribution in [2.45, 2.75) is 199 Å². The van der Waals surface area contributed by atoms with E-state index in [1.54, 1.807) is 0 Å². The van der Waals surface area contributed by atoms with Crippen LogP contribution < -0.4 is 5.32 Å². The number of carbonyl (C=O) groups is 1.